The van der Waals surface area contributed by atoms with Gasteiger partial charge in [0.05, 0.1) is 4.53 Å². The Labute approximate surface area is 162 Å². The topological polar surface area (TPSA) is 37.6 Å². The third kappa shape index (κ3) is 3.64. The molecule has 0 saturated carbocycles. The van der Waals surface area contributed by atoms with E-state index >= 15 is 0 Å². The standard InChI is InChI=1S/C22H21N3OS/c1-16-11-12-19(13-17(16)2)24-14-23-22-25(15-24)21(26)20(27-22)10-6-9-18-7-4-3-5-8-18/h3-13H,14-15H2,1-2H3/b9-6+,20-10-. The van der Waals surface area contributed by atoms with Gasteiger partial charge in [0, 0.05) is 5.69 Å². The van der Waals surface area contributed by atoms with Gasteiger partial charge in [-0.3, -0.25) is 9.36 Å². The van der Waals surface area contributed by atoms with Crippen molar-refractivity contribution < 1.29 is 0 Å². The van der Waals surface area contributed by atoms with E-state index in [0.29, 0.717) is 17.9 Å². The van der Waals surface area contributed by atoms with Crippen molar-refractivity contribution in [1.82, 2.24) is 4.57 Å². The Morgan fingerprint density at radius 2 is 1.89 bits per heavy atom. The molecule has 0 N–H and O–H groups in total. The van der Waals surface area contributed by atoms with E-state index in [2.05, 4.69) is 41.9 Å². The zero-order valence-corrected chi connectivity index (χ0v) is 16.2. The molecule has 136 valence electrons. The van der Waals surface area contributed by atoms with Gasteiger partial charge in [0.1, 0.15) is 13.3 Å². The highest BCUT2D eigenvalue weighted by Crippen LogP contribution is 2.19. The predicted molar refractivity (Wildman–Crippen MR) is 113 cm³/mol. The molecule has 5 heteroatoms. The van der Waals surface area contributed by atoms with Crippen molar-refractivity contribution in [1.29, 1.82) is 0 Å². The fraction of sp³-hybridized carbons (Fsp3) is 0.182. The van der Waals surface area contributed by atoms with Gasteiger partial charge in [0.2, 0.25) is 0 Å². The zero-order valence-electron chi connectivity index (χ0n) is 15.4. The molecule has 1 aliphatic rings. The van der Waals surface area contributed by atoms with Gasteiger partial charge in [0.15, 0.2) is 4.80 Å². The van der Waals surface area contributed by atoms with Gasteiger partial charge in [-0.15, -0.1) is 0 Å². The summed E-state index contributed by atoms with van der Waals surface area (Å²) in [5.41, 5.74) is 4.74. The fourth-order valence-corrected chi connectivity index (χ4v) is 3.94. The van der Waals surface area contributed by atoms with Gasteiger partial charge in [-0.1, -0.05) is 59.9 Å². The maximum absolute atomic E-state index is 12.8. The molecule has 3 aromatic rings. The average Bonchev–Trinajstić information content (AvgIpc) is 3.00. The maximum atomic E-state index is 12.8. The number of allylic oxidation sites excluding steroid dienone is 1. The first kappa shape index (κ1) is 17.5. The lowest BCUT2D eigenvalue weighted by Gasteiger charge is -2.26. The molecular weight excluding hydrogens is 354 g/mol. The Morgan fingerprint density at radius 1 is 1.07 bits per heavy atom. The van der Waals surface area contributed by atoms with Gasteiger partial charge in [0.25, 0.3) is 5.56 Å². The lowest BCUT2D eigenvalue weighted by molar-refractivity contribution is 0.569. The van der Waals surface area contributed by atoms with Crippen LogP contribution in [0.5, 0.6) is 0 Å². The van der Waals surface area contributed by atoms with Crippen LogP contribution in [0.3, 0.4) is 0 Å². The van der Waals surface area contributed by atoms with Gasteiger partial charge >= 0.3 is 0 Å². The van der Waals surface area contributed by atoms with E-state index < -0.39 is 0 Å². The monoisotopic (exact) mass is 375 g/mol. The van der Waals surface area contributed by atoms with Gasteiger partial charge in [-0.2, -0.15) is 0 Å². The maximum Gasteiger partial charge on any atom is 0.271 e. The van der Waals surface area contributed by atoms with Gasteiger partial charge < -0.3 is 4.90 Å². The molecule has 0 aliphatic carbocycles. The van der Waals surface area contributed by atoms with Crippen molar-refractivity contribution in [2.45, 2.75) is 20.5 Å². The highest BCUT2D eigenvalue weighted by Gasteiger charge is 2.16. The van der Waals surface area contributed by atoms with E-state index in [-0.39, 0.29) is 5.56 Å². The van der Waals surface area contributed by atoms with Gasteiger partial charge in [-0.05, 0) is 48.7 Å². The highest BCUT2D eigenvalue weighted by atomic mass is 32.1. The molecule has 27 heavy (non-hydrogen) atoms. The third-order valence-corrected chi connectivity index (χ3v) is 5.83. The second-order valence-electron chi connectivity index (χ2n) is 6.67. The summed E-state index contributed by atoms with van der Waals surface area (Å²) in [4.78, 5) is 20.3. The van der Waals surface area contributed by atoms with E-state index in [1.165, 1.54) is 22.5 Å². The van der Waals surface area contributed by atoms with Crippen molar-refractivity contribution >= 4 is 29.2 Å². The second kappa shape index (κ2) is 7.37. The predicted octanol–water partition coefficient (Wildman–Crippen LogP) is 3.08. The van der Waals surface area contributed by atoms with Crippen LogP contribution < -0.4 is 19.8 Å². The molecule has 1 aromatic heterocycles. The minimum atomic E-state index is 0.0185. The third-order valence-electron chi connectivity index (χ3n) is 4.77. The molecule has 0 spiro atoms. The number of fused-ring (bicyclic) bond motifs is 1. The average molecular weight is 375 g/mol. The summed E-state index contributed by atoms with van der Waals surface area (Å²) < 4.78 is 2.47. The quantitative estimate of drug-likeness (QED) is 0.706. The molecule has 0 unspecified atom stereocenters. The molecular formula is C22H21N3OS. The molecule has 0 bridgehead atoms. The molecule has 0 fully saturated rings. The number of thiazole rings is 1. The Morgan fingerprint density at radius 3 is 2.67 bits per heavy atom. The smallest absolute Gasteiger partial charge is 0.271 e. The fourth-order valence-electron chi connectivity index (χ4n) is 3.02. The minimum absolute atomic E-state index is 0.0185. The zero-order chi connectivity index (χ0) is 18.8. The number of nitrogens with zero attached hydrogens (tertiary/aromatic N) is 3. The molecule has 2 aromatic carbocycles. The molecule has 4 rings (SSSR count). The first-order valence-electron chi connectivity index (χ1n) is 8.91. The Hall–Kier alpha value is -2.92. The van der Waals surface area contributed by atoms with Crippen LogP contribution in [0.4, 0.5) is 5.69 Å². The Bertz CT molecular complexity index is 1170. The summed E-state index contributed by atoms with van der Waals surface area (Å²) in [5, 5.41) is 0. The largest absolute Gasteiger partial charge is 0.334 e. The van der Waals surface area contributed by atoms with Crippen LogP contribution in [-0.2, 0) is 6.67 Å². The number of rotatable bonds is 3. The number of hydrogen-bond acceptors (Lipinski definition) is 4. The van der Waals surface area contributed by atoms with Crippen LogP contribution in [0.25, 0.3) is 12.2 Å². The summed E-state index contributed by atoms with van der Waals surface area (Å²) in [6, 6.07) is 16.4. The van der Waals surface area contributed by atoms with Crippen molar-refractivity contribution in [3.8, 4) is 0 Å². The molecule has 0 radical (unpaired) electrons. The van der Waals surface area contributed by atoms with E-state index in [9.17, 15) is 4.79 Å². The summed E-state index contributed by atoms with van der Waals surface area (Å²) in [7, 11) is 0. The van der Waals surface area contributed by atoms with E-state index in [0.717, 1.165) is 16.1 Å². The Balaban J connectivity index is 1.62. The number of aryl methyl sites for hydroxylation is 2. The summed E-state index contributed by atoms with van der Waals surface area (Å²) in [6.45, 7) is 5.31. The van der Waals surface area contributed by atoms with E-state index in [4.69, 9.17) is 0 Å². The van der Waals surface area contributed by atoms with Crippen LogP contribution in [0.2, 0.25) is 0 Å². The molecule has 0 saturated heterocycles. The normalized spacial score (nSPS) is 14.4. The summed E-state index contributed by atoms with van der Waals surface area (Å²) in [6.07, 6.45) is 5.80. The first-order chi connectivity index (χ1) is 13.1. The summed E-state index contributed by atoms with van der Waals surface area (Å²) >= 11 is 1.45. The van der Waals surface area contributed by atoms with Crippen molar-refractivity contribution in [2.75, 3.05) is 11.6 Å². The van der Waals surface area contributed by atoms with E-state index in [1.807, 2.05) is 48.6 Å². The minimum Gasteiger partial charge on any atom is -0.334 e. The van der Waals surface area contributed by atoms with Crippen LogP contribution in [-0.4, -0.2) is 11.2 Å². The molecule has 0 amide bonds. The molecule has 4 nitrogen and oxygen atoms in total. The molecule has 1 aliphatic heterocycles. The van der Waals surface area contributed by atoms with Crippen LogP contribution >= 0.6 is 11.3 Å². The second-order valence-corrected chi connectivity index (χ2v) is 7.68. The van der Waals surface area contributed by atoms with Crippen LogP contribution in [0.1, 0.15) is 16.7 Å². The van der Waals surface area contributed by atoms with Gasteiger partial charge in [-0.25, -0.2) is 4.99 Å². The number of aromatic nitrogens is 1. The Kier molecular flexibility index (Phi) is 4.77. The summed E-state index contributed by atoms with van der Waals surface area (Å²) in [5.74, 6) is 0. The number of hydrogen-bond donors (Lipinski definition) is 0. The van der Waals surface area contributed by atoms with Crippen LogP contribution in [0.15, 0.2) is 64.4 Å². The first-order valence-corrected chi connectivity index (χ1v) is 9.73. The highest BCUT2D eigenvalue weighted by molar-refractivity contribution is 7.07. The lowest BCUT2D eigenvalue weighted by Crippen LogP contribution is -2.42. The number of benzene rings is 2. The lowest BCUT2D eigenvalue weighted by atomic mass is 10.1. The number of anilines is 1. The van der Waals surface area contributed by atoms with Crippen molar-refractivity contribution in [3.63, 3.8) is 0 Å². The molecule has 0 atom stereocenters. The van der Waals surface area contributed by atoms with Crippen molar-refractivity contribution in [3.05, 3.63) is 91.0 Å². The van der Waals surface area contributed by atoms with E-state index in [1.54, 1.807) is 4.57 Å². The van der Waals surface area contributed by atoms with Crippen molar-refractivity contribution in [2.24, 2.45) is 4.99 Å². The van der Waals surface area contributed by atoms with Crippen LogP contribution in [0, 0.1) is 13.8 Å². The SMILES string of the molecule is Cc1ccc(N2CN=c3s/c(=C\C=C\c4ccccc4)c(=O)n3C2)cc1C. The molecule has 2 heterocycles.